The van der Waals surface area contributed by atoms with Crippen LogP contribution in [0.1, 0.15) is 19.3 Å². The van der Waals surface area contributed by atoms with E-state index in [0.29, 0.717) is 18.4 Å². The van der Waals surface area contributed by atoms with E-state index in [1.165, 1.54) is 0 Å². The number of alkyl halides is 1. The van der Waals surface area contributed by atoms with E-state index < -0.39 is 26.6 Å². The van der Waals surface area contributed by atoms with Gasteiger partial charge in [-0.15, -0.1) is 11.6 Å². The maximum atomic E-state index is 13.5. The summed E-state index contributed by atoms with van der Waals surface area (Å²) in [5.74, 6) is -1.37. The van der Waals surface area contributed by atoms with Gasteiger partial charge in [0, 0.05) is 11.9 Å². The second-order valence-electron chi connectivity index (χ2n) is 4.65. The van der Waals surface area contributed by atoms with Gasteiger partial charge in [-0.3, -0.25) is 0 Å². The summed E-state index contributed by atoms with van der Waals surface area (Å²) in [5, 5.41) is 0. The molecule has 1 saturated carbocycles. The third kappa shape index (κ3) is 3.24. The van der Waals surface area contributed by atoms with Gasteiger partial charge in [0.1, 0.15) is 16.5 Å². The van der Waals surface area contributed by atoms with Gasteiger partial charge in [-0.2, -0.15) is 0 Å². The van der Waals surface area contributed by atoms with Gasteiger partial charge in [0.2, 0.25) is 10.0 Å². The lowest BCUT2D eigenvalue weighted by atomic mass is 10.1. The summed E-state index contributed by atoms with van der Waals surface area (Å²) in [6, 6.07) is 2.05. The Morgan fingerprint density at radius 1 is 1.32 bits per heavy atom. The molecule has 1 N–H and O–H groups in total. The van der Waals surface area contributed by atoms with Gasteiger partial charge in [-0.25, -0.2) is 21.9 Å². The van der Waals surface area contributed by atoms with Crippen molar-refractivity contribution in [2.24, 2.45) is 5.92 Å². The van der Waals surface area contributed by atoms with Crippen molar-refractivity contribution in [1.29, 1.82) is 0 Å². The van der Waals surface area contributed by atoms with Crippen LogP contribution in [0, 0.1) is 17.6 Å². The summed E-state index contributed by atoms with van der Waals surface area (Å²) in [6.07, 6.45) is 2.37. The topological polar surface area (TPSA) is 46.2 Å². The molecule has 0 aromatic heterocycles. The van der Waals surface area contributed by atoms with Crippen molar-refractivity contribution < 1.29 is 17.2 Å². The third-order valence-corrected chi connectivity index (χ3v) is 5.25. The Balaban J connectivity index is 2.25. The van der Waals surface area contributed by atoms with Crippen LogP contribution in [0.2, 0.25) is 0 Å². The summed E-state index contributed by atoms with van der Waals surface area (Å²) in [4.78, 5) is -0.660. The van der Waals surface area contributed by atoms with Crippen LogP contribution in [0.4, 0.5) is 8.78 Å². The van der Waals surface area contributed by atoms with Crippen molar-refractivity contribution in [2.75, 3.05) is 5.88 Å². The molecule has 106 valence electrons. The molecule has 2 atom stereocenters. The van der Waals surface area contributed by atoms with Gasteiger partial charge < -0.3 is 0 Å². The minimum absolute atomic E-state index is 0.0352. The van der Waals surface area contributed by atoms with E-state index in [9.17, 15) is 17.2 Å². The van der Waals surface area contributed by atoms with Crippen molar-refractivity contribution in [3.05, 3.63) is 29.8 Å². The van der Waals surface area contributed by atoms with Crippen LogP contribution in [0.5, 0.6) is 0 Å². The molecule has 2 unspecified atom stereocenters. The Morgan fingerprint density at radius 3 is 2.74 bits per heavy atom. The molecule has 3 nitrogen and oxygen atoms in total. The third-order valence-electron chi connectivity index (χ3n) is 3.35. The molecule has 0 radical (unpaired) electrons. The monoisotopic (exact) mass is 309 g/mol. The van der Waals surface area contributed by atoms with E-state index in [1.807, 2.05) is 0 Å². The Bertz CT molecular complexity index is 565. The Labute approximate surface area is 116 Å². The first kappa shape index (κ1) is 14.7. The van der Waals surface area contributed by atoms with E-state index in [0.717, 1.165) is 25.0 Å². The van der Waals surface area contributed by atoms with Crippen molar-refractivity contribution in [1.82, 2.24) is 4.72 Å². The molecular formula is C12H14ClF2NO2S. The molecule has 7 heteroatoms. The summed E-state index contributed by atoms with van der Waals surface area (Å²) in [7, 11) is -4.06. The number of sulfonamides is 1. The molecule has 1 aromatic carbocycles. The van der Waals surface area contributed by atoms with Crippen LogP contribution in [0.3, 0.4) is 0 Å². The summed E-state index contributed by atoms with van der Waals surface area (Å²) < 4.78 is 53.1. The maximum Gasteiger partial charge on any atom is 0.243 e. The minimum Gasteiger partial charge on any atom is -0.208 e. The second-order valence-corrected chi connectivity index (χ2v) is 6.64. The number of rotatable bonds is 4. The van der Waals surface area contributed by atoms with Crippen LogP contribution in [0.25, 0.3) is 0 Å². The molecule has 19 heavy (non-hydrogen) atoms. The lowest BCUT2D eigenvalue weighted by molar-refractivity contribution is 0.476. The molecule has 0 spiro atoms. The standard InChI is InChI=1S/C12H14ClF2NO2S/c13-7-8-2-1-3-11(8)16-19(17,18)12-6-9(14)4-5-10(12)15/h4-6,8,11,16H,1-3,7H2. The number of benzene rings is 1. The van der Waals surface area contributed by atoms with Gasteiger partial charge >= 0.3 is 0 Å². The van der Waals surface area contributed by atoms with Gasteiger partial charge in [0.25, 0.3) is 0 Å². The molecule has 0 saturated heterocycles. The van der Waals surface area contributed by atoms with E-state index >= 15 is 0 Å². The van der Waals surface area contributed by atoms with Crippen molar-refractivity contribution in [3.63, 3.8) is 0 Å². The summed E-state index contributed by atoms with van der Waals surface area (Å²) in [5.41, 5.74) is 0. The Morgan fingerprint density at radius 2 is 2.05 bits per heavy atom. The smallest absolute Gasteiger partial charge is 0.208 e. The van der Waals surface area contributed by atoms with Gasteiger partial charge in [0.05, 0.1) is 0 Å². The lowest BCUT2D eigenvalue weighted by Gasteiger charge is -2.19. The largest absolute Gasteiger partial charge is 0.243 e. The normalized spacial score (nSPS) is 23.7. The summed E-state index contributed by atoms with van der Waals surface area (Å²) >= 11 is 5.77. The first-order valence-corrected chi connectivity index (χ1v) is 7.99. The molecule has 0 amide bonds. The van der Waals surface area contributed by atoms with Crippen LogP contribution in [-0.4, -0.2) is 20.3 Å². The number of hydrogen-bond donors (Lipinski definition) is 1. The van der Waals surface area contributed by atoms with Crippen molar-refractivity contribution in [2.45, 2.75) is 30.2 Å². The van der Waals surface area contributed by atoms with E-state index in [2.05, 4.69) is 4.72 Å². The molecular weight excluding hydrogens is 296 g/mol. The van der Waals surface area contributed by atoms with Gasteiger partial charge in [0.15, 0.2) is 0 Å². The Hall–Kier alpha value is -0.720. The molecule has 2 rings (SSSR count). The van der Waals surface area contributed by atoms with Crippen molar-refractivity contribution in [3.8, 4) is 0 Å². The van der Waals surface area contributed by atoms with Gasteiger partial charge in [-0.05, 0) is 37.0 Å². The SMILES string of the molecule is O=S(=O)(NC1CCCC1CCl)c1cc(F)ccc1F. The van der Waals surface area contributed by atoms with Crippen LogP contribution in [-0.2, 0) is 10.0 Å². The number of hydrogen-bond acceptors (Lipinski definition) is 2. The van der Waals surface area contributed by atoms with Crippen LogP contribution in [0.15, 0.2) is 23.1 Å². The predicted molar refractivity (Wildman–Crippen MR) is 68.5 cm³/mol. The zero-order valence-corrected chi connectivity index (χ0v) is 11.6. The van der Waals surface area contributed by atoms with Crippen LogP contribution >= 0.6 is 11.6 Å². The maximum absolute atomic E-state index is 13.5. The average molecular weight is 310 g/mol. The van der Waals surface area contributed by atoms with E-state index in [-0.39, 0.29) is 12.0 Å². The Kier molecular flexibility index (Phi) is 4.43. The van der Waals surface area contributed by atoms with E-state index in [4.69, 9.17) is 11.6 Å². The molecule has 1 aliphatic carbocycles. The zero-order chi connectivity index (χ0) is 14.0. The minimum atomic E-state index is -4.06. The molecule has 1 aliphatic rings. The first-order valence-electron chi connectivity index (χ1n) is 5.97. The fourth-order valence-corrected chi connectivity index (χ4v) is 4.12. The molecule has 1 aromatic rings. The van der Waals surface area contributed by atoms with Crippen molar-refractivity contribution >= 4 is 21.6 Å². The predicted octanol–water partition coefficient (Wildman–Crippen LogP) is 2.65. The highest BCUT2D eigenvalue weighted by Crippen LogP contribution is 2.28. The quantitative estimate of drug-likeness (QED) is 0.869. The highest BCUT2D eigenvalue weighted by molar-refractivity contribution is 7.89. The molecule has 0 bridgehead atoms. The average Bonchev–Trinajstić information content (AvgIpc) is 2.78. The fourth-order valence-electron chi connectivity index (χ4n) is 2.32. The van der Waals surface area contributed by atoms with E-state index in [1.54, 1.807) is 0 Å². The van der Waals surface area contributed by atoms with Crippen LogP contribution < -0.4 is 4.72 Å². The number of halogens is 3. The van der Waals surface area contributed by atoms with Gasteiger partial charge in [-0.1, -0.05) is 6.42 Å². The molecule has 1 fully saturated rings. The second kappa shape index (κ2) is 5.73. The lowest BCUT2D eigenvalue weighted by Crippen LogP contribution is -2.38. The zero-order valence-electron chi connectivity index (χ0n) is 10.1. The number of nitrogens with one attached hydrogen (secondary N) is 1. The first-order chi connectivity index (χ1) is 8.94. The molecule has 0 aliphatic heterocycles. The fraction of sp³-hybridized carbons (Fsp3) is 0.500. The highest BCUT2D eigenvalue weighted by atomic mass is 35.5. The summed E-state index contributed by atoms with van der Waals surface area (Å²) in [6.45, 7) is 0. The molecule has 0 heterocycles. The highest BCUT2D eigenvalue weighted by Gasteiger charge is 2.31.